The zero-order chi connectivity index (χ0) is 15.1. The fourth-order valence-corrected chi connectivity index (χ4v) is 3.21. The molecule has 0 fully saturated rings. The van der Waals surface area contributed by atoms with Crippen molar-refractivity contribution in [3.05, 3.63) is 62.1 Å². The molecule has 0 amide bonds. The smallest absolute Gasteiger partial charge is 0.178 e. The van der Waals surface area contributed by atoms with Gasteiger partial charge in [0, 0.05) is 4.47 Å². The van der Waals surface area contributed by atoms with Crippen molar-refractivity contribution in [2.24, 2.45) is 0 Å². The maximum atomic E-state index is 13.7. The maximum Gasteiger partial charge on any atom is 0.178 e. The molecule has 1 aromatic heterocycles. The van der Waals surface area contributed by atoms with E-state index in [-0.39, 0.29) is 5.82 Å². The lowest BCUT2D eigenvalue weighted by molar-refractivity contribution is 0.607. The highest BCUT2D eigenvalue weighted by Crippen LogP contribution is 2.22. The van der Waals surface area contributed by atoms with Crippen LogP contribution in [0.2, 0.25) is 0 Å². The summed E-state index contributed by atoms with van der Waals surface area (Å²) < 4.78 is 17.4. The van der Waals surface area contributed by atoms with Crippen molar-refractivity contribution in [1.82, 2.24) is 9.55 Å². The lowest BCUT2D eigenvalue weighted by atomic mass is 10.1. The second kappa shape index (κ2) is 5.39. The van der Waals surface area contributed by atoms with Gasteiger partial charge < -0.3 is 9.55 Å². The van der Waals surface area contributed by atoms with Crippen molar-refractivity contribution in [2.75, 3.05) is 0 Å². The Morgan fingerprint density at radius 1 is 1.19 bits per heavy atom. The third-order valence-corrected chi connectivity index (χ3v) is 4.39. The van der Waals surface area contributed by atoms with Crippen LogP contribution < -0.4 is 0 Å². The maximum absolute atomic E-state index is 13.7. The number of fused-ring (bicyclic) bond motifs is 1. The molecule has 1 heterocycles. The number of halogens is 2. The van der Waals surface area contributed by atoms with Crippen LogP contribution in [0.25, 0.3) is 11.0 Å². The van der Waals surface area contributed by atoms with E-state index in [1.807, 2.05) is 34.9 Å². The first-order valence-electron chi connectivity index (χ1n) is 6.59. The summed E-state index contributed by atoms with van der Waals surface area (Å²) >= 11 is 8.89. The molecule has 0 aliphatic rings. The van der Waals surface area contributed by atoms with E-state index in [0.29, 0.717) is 22.4 Å². The Bertz CT molecular complexity index is 872. The van der Waals surface area contributed by atoms with Crippen LogP contribution in [0, 0.1) is 24.4 Å². The first-order valence-corrected chi connectivity index (χ1v) is 7.79. The number of aromatic nitrogens is 2. The lowest BCUT2D eigenvalue weighted by Gasteiger charge is -2.09. The molecular weight excluding hydrogens is 351 g/mol. The van der Waals surface area contributed by atoms with Crippen LogP contribution >= 0.6 is 28.1 Å². The summed E-state index contributed by atoms with van der Waals surface area (Å²) in [5.41, 5.74) is 4.41. The molecule has 0 saturated heterocycles. The molecule has 3 rings (SSSR count). The van der Waals surface area contributed by atoms with E-state index < -0.39 is 0 Å². The molecule has 0 bridgehead atoms. The summed E-state index contributed by atoms with van der Waals surface area (Å²) in [6.07, 6.45) is 0. The van der Waals surface area contributed by atoms with Gasteiger partial charge in [0.1, 0.15) is 5.82 Å². The van der Waals surface area contributed by atoms with E-state index in [9.17, 15) is 4.39 Å². The van der Waals surface area contributed by atoms with Crippen LogP contribution in [-0.2, 0) is 6.54 Å². The number of nitrogens with one attached hydrogen (secondary N) is 1. The number of rotatable bonds is 2. The molecule has 3 aromatic rings. The molecule has 0 saturated carbocycles. The number of H-pyrrole nitrogens is 1. The summed E-state index contributed by atoms with van der Waals surface area (Å²) in [5.74, 6) is -0.135. The van der Waals surface area contributed by atoms with Gasteiger partial charge in [0.2, 0.25) is 0 Å². The minimum absolute atomic E-state index is 0.135. The number of nitrogens with zero attached hydrogens (tertiary/aromatic N) is 1. The Balaban J connectivity index is 2.12. The molecule has 0 radical (unpaired) electrons. The molecule has 0 aliphatic heterocycles. The number of aryl methyl sites for hydroxylation is 2. The van der Waals surface area contributed by atoms with E-state index in [2.05, 4.69) is 20.9 Å². The van der Waals surface area contributed by atoms with Crippen LogP contribution in [0.15, 0.2) is 34.8 Å². The van der Waals surface area contributed by atoms with Crippen molar-refractivity contribution in [3.8, 4) is 0 Å². The van der Waals surface area contributed by atoms with Crippen LogP contribution in [0.1, 0.15) is 16.7 Å². The van der Waals surface area contributed by atoms with Gasteiger partial charge in [0.25, 0.3) is 0 Å². The highest BCUT2D eigenvalue weighted by Gasteiger charge is 2.08. The van der Waals surface area contributed by atoms with Crippen molar-refractivity contribution in [3.63, 3.8) is 0 Å². The summed E-state index contributed by atoms with van der Waals surface area (Å²) in [6, 6.07) is 9.75. The number of benzene rings is 2. The molecule has 0 aliphatic carbocycles. The van der Waals surface area contributed by atoms with Gasteiger partial charge in [-0.3, -0.25) is 0 Å². The molecule has 1 N–H and O–H groups in total. The van der Waals surface area contributed by atoms with E-state index in [1.165, 1.54) is 0 Å². The third-order valence-electron chi connectivity index (χ3n) is 3.57. The van der Waals surface area contributed by atoms with Gasteiger partial charge in [0.05, 0.1) is 17.6 Å². The Kier molecular flexibility index (Phi) is 3.71. The van der Waals surface area contributed by atoms with Crippen LogP contribution in [0.3, 0.4) is 0 Å². The third kappa shape index (κ3) is 2.68. The molecule has 21 heavy (non-hydrogen) atoms. The van der Waals surface area contributed by atoms with Gasteiger partial charge in [-0.05, 0) is 61.0 Å². The number of hydrogen-bond donors (Lipinski definition) is 1. The second-order valence-electron chi connectivity index (χ2n) is 5.22. The molecule has 2 nitrogen and oxygen atoms in total. The first-order chi connectivity index (χ1) is 9.95. The fraction of sp³-hybridized carbons (Fsp3) is 0.188. The van der Waals surface area contributed by atoms with Crippen molar-refractivity contribution >= 4 is 39.2 Å². The molecular formula is C16H14BrFN2S. The van der Waals surface area contributed by atoms with Gasteiger partial charge in [-0.25, -0.2) is 4.39 Å². The number of hydrogen-bond acceptors (Lipinski definition) is 1. The Morgan fingerprint density at radius 2 is 1.86 bits per heavy atom. The Hall–Kier alpha value is -1.46. The standard InChI is InChI=1S/C16H14BrFN2S/c1-9-5-11(6-10(2)15(9)18)8-20-14-7-12(17)3-4-13(14)19-16(20)21/h3-7H,8H2,1-2H3,(H,19,21). The predicted octanol–water partition coefficient (Wildman–Crippen LogP) is 5.27. The fourth-order valence-electron chi connectivity index (χ4n) is 2.59. The quantitative estimate of drug-likeness (QED) is 0.614. The average molecular weight is 365 g/mol. The summed E-state index contributed by atoms with van der Waals surface area (Å²) in [6.45, 7) is 4.20. The monoisotopic (exact) mass is 364 g/mol. The number of aromatic amines is 1. The SMILES string of the molecule is Cc1cc(Cn2c(=S)[nH]c3ccc(Br)cc32)cc(C)c1F. The average Bonchev–Trinajstić information content (AvgIpc) is 2.72. The van der Waals surface area contributed by atoms with Crippen LogP contribution in [-0.4, -0.2) is 9.55 Å². The topological polar surface area (TPSA) is 20.7 Å². The van der Waals surface area contributed by atoms with Gasteiger partial charge in [0.15, 0.2) is 4.77 Å². The van der Waals surface area contributed by atoms with Crippen molar-refractivity contribution in [2.45, 2.75) is 20.4 Å². The number of imidazole rings is 1. The molecule has 108 valence electrons. The van der Waals surface area contributed by atoms with E-state index in [4.69, 9.17) is 12.2 Å². The van der Waals surface area contributed by atoms with E-state index >= 15 is 0 Å². The summed E-state index contributed by atoms with van der Waals surface area (Å²) in [5, 5.41) is 0. The van der Waals surface area contributed by atoms with E-state index in [0.717, 1.165) is 21.1 Å². The van der Waals surface area contributed by atoms with E-state index in [1.54, 1.807) is 13.8 Å². The molecule has 0 atom stereocenters. The van der Waals surface area contributed by atoms with Crippen molar-refractivity contribution < 1.29 is 4.39 Å². The Labute approximate surface area is 135 Å². The zero-order valence-corrected chi connectivity index (χ0v) is 14.1. The lowest BCUT2D eigenvalue weighted by Crippen LogP contribution is -2.02. The zero-order valence-electron chi connectivity index (χ0n) is 11.7. The van der Waals surface area contributed by atoms with Gasteiger partial charge in [-0.15, -0.1) is 0 Å². The molecule has 5 heteroatoms. The molecule has 0 spiro atoms. The van der Waals surface area contributed by atoms with Gasteiger partial charge in [-0.1, -0.05) is 28.1 Å². The predicted molar refractivity (Wildman–Crippen MR) is 89.8 cm³/mol. The molecule has 2 aromatic carbocycles. The van der Waals surface area contributed by atoms with Gasteiger partial charge >= 0.3 is 0 Å². The Morgan fingerprint density at radius 3 is 2.52 bits per heavy atom. The van der Waals surface area contributed by atoms with Gasteiger partial charge in [-0.2, -0.15) is 0 Å². The van der Waals surface area contributed by atoms with Crippen molar-refractivity contribution in [1.29, 1.82) is 0 Å². The second-order valence-corrected chi connectivity index (χ2v) is 6.52. The summed E-state index contributed by atoms with van der Waals surface area (Å²) in [4.78, 5) is 3.20. The highest BCUT2D eigenvalue weighted by atomic mass is 79.9. The minimum Gasteiger partial charge on any atom is -0.331 e. The van der Waals surface area contributed by atoms with Crippen LogP contribution in [0.5, 0.6) is 0 Å². The molecule has 0 unspecified atom stereocenters. The largest absolute Gasteiger partial charge is 0.331 e. The highest BCUT2D eigenvalue weighted by molar-refractivity contribution is 9.10. The minimum atomic E-state index is -0.135. The normalized spacial score (nSPS) is 11.2. The van der Waals surface area contributed by atoms with Crippen LogP contribution in [0.4, 0.5) is 4.39 Å². The summed E-state index contributed by atoms with van der Waals surface area (Å²) in [7, 11) is 0. The first kappa shape index (κ1) is 14.5.